The molecule has 1 aromatic carbocycles. The zero-order chi connectivity index (χ0) is 13.9. The average Bonchev–Trinajstić information content (AvgIpc) is 2.36. The van der Waals surface area contributed by atoms with Gasteiger partial charge in [0.2, 0.25) is 0 Å². The van der Waals surface area contributed by atoms with Crippen molar-refractivity contribution in [2.75, 3.05) is 20.8 Å². The van der Waals surface area contributed by atoms with Crippen LogP contribution in [0.5, 0.6) is 11.5 Å². The smallest absolute Gasteiger partial charge is 0.164 e. The standard InChI is InChI=1S/C14H21ClO3/c1-6-9-12(14(2,3)8-16)10(15)7-11(17-4)13(9)18-5/h7,16H,6,8H2,1-5H3. The fourth-order valence-electron chi connectivity index (χ4n) is 2.18. The highest BCUT2D eigenvalue weighted by molar-refractivity contribution is 6.31. The molecule has 4 heteroatoms. The molecule has 0 heterocycles. The van der Waals surface area contributed by atoms with Crippen molar-refractivity contribution in [2.24, 2.45) is 0 Å². The second kappa shape index (κ2) is 5.81. The van der Waals surface area contributed by atoms with E-state index in [9.17, 15) is 5.11 Å². The second-order valence-corrected chi connectivity index (χ2v) is 5.25. The number of aliphatic hydroxyl groups is 1. The van der Waals surface area contributed by atoms with Crippen molar-refractivity contribution in [3.8, 4) is 11.5 Å². The van der Waals surface area contributed by atoms with Gasteiger partial charge in [-0.3, -0.25) is 0 Å². The minimum atomic E-state index is -0.415. The third kappa shape index (κ3) is 2.57. The number of hydrogen-bond donors (Lipinski definition) is 1. The summed E-state index contributed by atoms with van der Waals surface area (Å²) in [5, 5.41) is 10.2. The Hall–Kier alpha value is -0.930. The van der Waals surface area contributed by atoms with Crippen LogP contribution < -0.4 is 9.47 Å². The van der Waals surface area contributed by atoms with Gasteiger partial charge in [-0.05, 0) is 12.0 Å². The van der Waals surface area contributed by atoms with Crippen LogP contribution in [0.25, 0.3) is 0 Å². The van der Waals surface area contributed by atoms with Crippen LogP contribution in [-0.2, 0) is 11.8 Å². The largest absolute Gasteiger partial charge is 0.493 e. The molecule has 0 spiro atoms. The van der Waals surface area contributed by atoms with E-state index in [-0.39, 0.29) is 6.61 Å². The maximum absolute atomic E-state index is 9.55. The fourth-order valence-corrected chi connectivity index (χ4v) is 2.65. The zero-order valence-corrected chi connectivity index (χ0v) is 12.4. The molecule has 1 rings (SSSR count). The van der Waals surface area contributed by atoms with Crippen molar-refractivity contribution in [1.29, 1.82) is 0 Å². The normalized spacial score (nSPS) is 11.5. The van der Waals surface area contributed by atoms with Crippen LogP contribution in [0.4, 0.5) is 0 Å². The van der Waals surface area contributed by atoms with Gasteiger partial charge in [0.1, 0.15) is 0 Å². The Morgan fingerprint density at radius 3 is 2.28 bits per heavy atom. The van der Waals surface area contributed by atoms with Crippen molar-refractivity contribution in [2.45, 2.75) is 32.6 Å². The summed E-state index contributed by atoms with van der Waals surface area (Å²) in [6.45, 7) is 5.97. The van der Waals surface area contributed by atoms with Gasteiger partial charge in [0, 0.05) is 22.1 Å². The summed E-state index contributed by atoms with van der Waals surface area (Å²) in [6.07, 6.45) is 0.763. The van der Waals surface area contributed by atoms with Crippen molar-refractivity contribution < 1.29 is 14.6 Å². The van der Waals surface area contributed by atoms with E-state index in [2.05, 4.69) is 0 Å². The third-order valence-corrected chi connectivity index (χ3v) is 3.44. The SMILES string of the molecule is CCc1c(OC)c(OC)cc(Cl)c1C(C)(C)CO. The topological polar surface area (TPSA) is 38.7 Å². The summed E-state index contributed by atoms with van der Waals surface area (Å²) in [5.41, 5.74) is 1.50. The highest BCUT2D eigenvalue weighted by atomic mass is 35.5. The molecule has 0 aliphatic carbocycles. The molecule has 0 saturated heterocycles. The van der Waals surface area contributed by atoms with Gasteiger partial charge in [-0.25, -0.2) is 0 Å². The molecule has 0 aliphatic rings. The number of halogens is 1. The highest BCUT2D eigenvalue weighted by Gasteiger charge is 2.29. The van der Waals surface area contributed by atoms with E-state index in [1.165, 1.54) is 0 Å². The monoisotopic (exact) mass is 272 g/mol. The quantitative estimate of drug-likeness (QED) is 0.895. The predicted octanol–water partition coefficient (Wildman–Crippen LogP) is 3.19. The second-order valence-electron chi connectivity index (χ2n) is 4.84. The van der Waals surface area contributed by atoms with Crippen LogP contribution in [-0.4, -0.2) is 25.9 Å². The molecule has 0 aromatic heterocycles. The van der Waals surface area contributed by atoms with E-state index in [1.54, 1.807) is 20.3 Å². The van der Waals surface area contributed by atoms with E-state index in [4.69, 9.17) is 21.1 Å². The molecule has 0 bridgehead atoms. The molecular formula is C14H21ClO3. The van der Waals surface area contributed by atoms with Gasteiger partial charge in [-0.2, -0.15) is 0 Å². The Balaban J connectivity index is 3.61. The number of ether oxygens (including phenoxy) is 2. The Bertz CT molecular complexity index is 428. The Morgan fingerprint density at radius 1 is 1.28 bits per heavy atom. The van der Waals surface area contributed by atoms with Crippen LogP contribution in [0.1, 0.15) is 31.9 Å². The number of hydrogen-bond acceptors (Lipinski definition) is 3. The van der Waals surface area contributed by atoms with Gasteiger partial charge in [0.15, 0.2) is 11.5 Å². The molecular weight excluding hydrogens is 252 g/mol. The molecule has 0 unspecified atom stereocenters. The molecule has 0 fully saturated rings. The van der Waals surface area contributed by atoms with Gasteiger partial charge in [0.25, 0.3) is 0 Å². The molecule has 0 saturated carbocycles. The summed E-state index contributed by atoms with van der Waals surface area (Å²) < 4.78 is 10.7. The lowest BCUT2D eigenvalue weighted by Gasteiger charge is -2.28. The number of rotatable bonds is 5. The first-order chi connectivity index (χ1) is 8.42. The van der Waals surface area contributed by atoms with E-state index in [0.717, 1.165) is 17.5 Å². The molecule has 1 N–H and O–H groups in total. The molecule has 0 atom stereocenters. The maximum atomic E-state index is 9.55. The first kappa shape index (κ1) is 15.1. The fraction of sp³-hybridized carbons (Fsp3) is 0.571. The minimum Gasteiger partial charge on any atom is -0.493 e. The van der Waals surface area contributed by atoms with E-state index >= 15 is 0 Å². The first-order valence-corrected chi connectivity index (χ1v) is 6.35. The van der Waals surface area contributed by atoms with Crippen LogP contribution in [0.3, 0.4) is 0 Å². The summed E-state index contributed by atoms with van der Waals surface area (Å²) in [4.78, 5) is 0. The van der Waals surface area contributed by atoms with Crippen LogP contribution in [0, 0.1) is 0 Å². The Morgan fingerprint density at radius 2 is 1.89 bits per heavy atom. The van der Waals surface area contributed by atoms with Gasteiger partial charge >= 0.3 is 0 Å². The lowest BCUT2D eigenvalue weighted by atomic mass is 9.81. The number of methoxy groups -OCH3 is 2. The number of benzene rings is 1. The molecule has 3 nitrogen and oxygen atoms in total. The number of aliphatic hydroxyl groups excluding tert-OH is 1. The minimum absolute atomic E-state index is 0.0230. The summed E-state index contributed by atoms with van der Waals surface area (Å²) in [5.74, 6) is 1.32. The Labute approximate surface area is 114 Å². The van der Waals surface area contributed by atoms with Crippen molar-refractivity contribution in [3.63, 3.8) is 0 Å². The van der Waals surface area contributed by atoms with Gasteiger partial charge < -0.3 is 14.6 Å². The lowest BCUT2D eigenvalue weighted by Crippen LogP contribution is -2.25. The molecule has 1 aromatic rings. The van der Waals surface area contributed by atoms with E-state index in [0.29, 0.717) is 16.5 Å². The van der Waals surface area contributed by atoms with Crippen molar-refractivity contribution in [3.05, 3.63) is 22.2 Å². The lowest BCUT2D eigenvalue weighted by molar-refractivity contribution is 0.217. The van der Waals surface area contributed by atoms with Gasteiger partial charge in [-0.1, -0.05) is 32.4 Å². The summed E-state index contributed by atoms with van der Waals surface area (Å²) in [6, 6.07) is 1.74. The van der Waals surface area contributed by atoms with E-state index in [1.807, 2.05) is 20.8 Å². The summed E-state index contributed by atoms with van der Waals surface area (Å²) >= 11 is 6.34. The van der Waals surface area contributed by atoms with E-state index < -0.39 is 5.41 Å². The molecule has 102 valence electrons. The molecule has 18 heavy (non-hydrogen) atoms. The molecule has 0 amide bonds. The van der Waals surface area contributed by atoms with Crippen molar-refractivity contribution >= 4 is 11.6 Å². The Kier molecular flexibility index (Phi) is 4.88. The highest BCUT2D eigenvalue weighted by Crippen LogP contribution is 2.43. The maximum Gasteiger partial charge on any atom is 0.164 e. The predicted molar refractivity (Wildman–Crippen MR) is 74.0 cm³/mol. The average molecular weight is 273 g/mol. The van der Waals surface area contributed by atoms with Crippen LogP contribution in [0.2, 0.25) is 5.02 Å². The molecule has 0 radical (unpaired) electrons. The van der Waals surface area contributed by atoms with Crippen LogP contribution in [0.15, 0.2) is 6.07 Å². The molecule has 0 aliphatic heterocycles. The third-order valence-electron chi connectivity index (χ3n) is 3.15. The van der Waals surface area contributed by atoms with Crippen LogP contribution >= 0.6 is 11.6 Å². The van der Waals surface area contributed by atoms with Gasteiger partial charge in [0.05, 0.1) is 20.8 Å². The van der Waals surface area contributed by atoms with Gasteiger partial charge in [-0.15, -0.1) is 0 Å². The first-order valence-electron chi connectivity index (χ1n) is 5.97. The van der Waals surface area contributed by atoms with Crippen molar-refractivity contribution in [1.82, 2.24) is 0 Å². The summed E-state index contributed by atoms with van der Waals surface area (Å²) in [7, 11) is 3.20. The zero-order valence-electron chi connectivity index (χ0n) is 11.6.